The standard InChI is InChI=1S/C16H24O3/c1-16(2,3)13-8-7-9-14(12-13)19-11-6-4-5-10-15(17)18/h7-9,12H,4-6,10-11H2,1-3H3,(H,17,18). The second kappa shape index (κ2) is 7.17. The minimum atomic E-state index is -0.723. The lowest BCUT2D eigenvalue weighted by Gasteiger charge is -2.19. The zero-order chi connectivity index (χ0) is 14.3. The lowest BCUT2D eigenvalue weighted by atomic mass is 9.87. The van der Waals surface area contributed by atoms with Gasteiger partial charge in [-0.15, -0.1) is 0 Å². The Balaban J connectivity index is 2.32. The van der Waals surface area contributed by atoms with Crippen molar-refractivity contribution >= 4 is 5.97 Å². The fourth-order valence-electron chi connectivity index (χ4n) is 1.80. The van der Waals surface area contributed by atoms with Gasteiger partial charge in [0.2, 0.25) is 0 Å². The average molecular weight is 264 g/mol. The fraction of sp³-hybridized carbons (Fsp3) is 0.562. The van der Waals surface area contributed by atoms with Crippen LogP contribution in [0.15, 0.2) is 24.3 Å². The quantitative estimate of drug-likeness (QED) is 0.757. The maximum absolute atomic E-state index is 10.4. The number of carboxylic acid groups (broad SMARTS) is 1. The highest BCUT2D eigenvalue weighted by Gasteiger charge is 2.13. The molecule has 0 aliphatic rings. The lowest BCUT2D eigenvalue weighted by molar-refractivity contribution is -0.137. The molecule has 0 heterocycles. The number of carbonyl (C=O) groups is 1. The van der Waals surface area contributed by atoms with Crippen LogP contribution in [0.3, 0.4) is 0 Å². The van der Waals surface area contributed by atoms with Gasteiger partial charge < -0.3 is 9.84 Å². The maximum Gasteiger partial charge on any atom is 0.303 e. The molecule has 0 saturated heterocycles. The van der Waals surface area contributed by atoms with Gasteiger partial charge in [-0.3, -0.25) is 4.79 Å². The van der Waals surface area contributed by atoms with Crippen LogP contribution in [0.5, 0.6) is 5.75 Å². The van der Waals surface area contributed by atoms with Gasteiger partial charge >= 0.3 is 5.97 Å². The first-order valence-electron chi connectivity index (χ1n) is 6.85. The molecule has 0 spiro atoms. The van der Waals surface area contributed by atoms with Crippen molar-refractivity contribution in [1.29, 1.82) is 0 Å². The zero-order valence-corrected chi connectivity index (χ0v) is 12.1. The third-order valence-electron chi connectivity index (χ3n) is 3.00. The Morgan fingerprint density at radius 3 is 2.58 bits per heavy atom. The summed E-state index contributed by atoms with van der Waals surface area (Å²) in [6, 6.07) is 8.17. The fourth-order valence-corrected chi connectivity index (χ4v) is 1.80. The van der Waals surface area contributed by atoms with E-state index in [1.165, 1.54) is 5.56 Å². The Kier molecular flexibility index (Phi) is 5.87. The molecule has 1 aromatic rings. The summed E-state index contributed by atoms with van der Waals surface area (Å²) < 4.78 is 5.70. The molecule has 0 amide bonds. The number of rotatable bonds is 7. The van der Waals surface area contributed by atoms with Crippen LogP contribution in [0, 0.1) is 0 Å². The molecule has 0 aliphatic carbocycles. The Labute approximate surface area is 115 Å². The van der Waals surface area contributed by atoms with E-state index in [0.717, 1.165) is 25.0 Å². The zero-order valence-electron chi connectivity index (χ0n) is 12.1. The number of aliphatic carboxylic acids is 1. The van der Waals surface area contributed by atoms with Gasteiger partial charge in [-0.25, -0.2) is 0 Å². The van der Waals surface area contributed by atoms with Crippen LogP contribution in [0.2, 0.25) is 0 Å². The SMILES string of the molecule is CC(C)(C)c1cccc(OCCCCCC(=O)O)c1. The van der Waals surface area contributed by atoms with Gasteiger partial charge in [-0.05, 0) is 42.4 Å². The van der Waals surface area contributed by atoms with Crippen LogP contribution >= 0.6 is 0 Å². The molecule has 0 saturated carbocycles. The van der Waals surface area contributed by atoms with Crippen LogP contribution in [-0.2, 0) is 10.2 Å². The van der Waals surface area contributed by atoms with Crippen LogP contribution < -0.4 is 4.74 Å². The molecule has 0 fully saturated rings. The summed E-state index contributed by atoms with van der Waals surface area (Å²) in [5.74, 6) is 0.171. The molecule has 0 atom stereocenters. The minimum absolute atomic E-state index is 0.126. The highest BCUT2D eigenvalue weighted by molar-refractivity contribution is 5.66. The summed E-state index contributed by atoms with van der Waals surface area (Å²) in [7, 11) is 0. The Hall–Kier alpha value is -1.51. The molecule has 0 unspecified atom stereocenters. The van der Waals surface area contributed by atoms with E-state index in [1.54, 1.807) is 0 Å². The van der Waals surface area contributed by atoms with Gasteiger partial charge in [-0.1, -0.05) is 32.9 Å². The number of hydrogen-bond donors (Lipinski definition) is 1. The van der Waals surface area contributed by atoms with Crippen molar-refractivity contribution in [3.05, 3.63) is 29.8 Å². The largest absolute Gasteiger partial charge is 0.494 e. The van der Waals surface area contributed by atoms with Gasteiger partial charge in [0.25, 0.3) is 0 Å². The normalized spacial score (nSPS) is 11.3. The van der Waals surface area contributed by atoms with Crippen molar-refractivity contribution in [3.63, 3.8) is 0 Å². The van der Waals surface area contributed by atoms with E-state index in [1.807, 2.05) is 12.1 Å². The first-order chi connectivity index (χ1) is 8.89. The number of carboxylic acids is 1. The number of hydrogen-bond acceptors (Lipinski definition) is 2. The molecular formula is C16H24O3. The van der Waals surface area contributed by atoms with E-state index in [-0.39, 0.29) is 11.8 Å². The maximum atomic E-state index is 10.4. The van der Waals surface area contributed by atoms with E-state index in [4.69, 9.17) is 9.84 Å². The van der Waals surface area contributed by atoms with Gasteiger partial charge in [0.15, 0.2) is 0 Å². The Bertz CT molecular complexity index is 405. The van der Waals surface area contributed by atoms with Crippen molar-refractivity contribution in [3.8, 4) is 5.75 Å². The third-order valence-corrected chi connectivity index (χ3v) is 3.00. The van der Waals surface area contributed by atoms with Crippen molar-refractivity contribution < 1.29 is 14.6 Å². The molecule has 0 aromatic heterocycles. The van der Waals surface area contributed by atoms with E-state index < -0.39 is 5.97 Å². The first-order valence-corrected chi connectivity index (χ1v) is 6.85. The first kappa shape index (κ1) is 15.5. The summed E-state index contributed by atoms with van der Waals surface area (Å²) in [5.41, 5.74) is 1.39. The molecule has 0 radical (unpaired) electrons. The highest BCUT2D eigenvalue weighted by Crippen LogP contribution is 2.25. The molecule has 0 aliphatic heterocycles. The van der Waals surface area contributed by atoms with E-state index in [2.05, 4.69) is 32.9 Å². The summed E-state index contributed by atoms with van der Waals surface area (Å²) >= 11 is 0. The molecule has 1 N–H and O–H groups in total. The van der Waals surface area contributed by atoms with Gasteiger partial charge in [0.05, 0.1) is 6.61 Å². The van der Waals surface area contributed by atoms with Crippen molar-refractivity contribution in [2.75, 3.05) is 6.61 Å². The van der Waals surface area contributed by atoms with E-state index >= 15 is 0 Å². The summed E-state index contributed by atoms with van der Waals surface area (Å²) in [6.45, 7) is 7.18. The number of unbranched alkanes of at least 4 members (excludes halogenated alkanes) is 2. The summed E-state index contributed by atoms with van der Waals surface area (Å²) in [5, 5.41) is 8.52. The van der Waals surface area contributed by atoms with Crippen molar-refractivity contribution in [2.45, 2.75) is 51.9 Å². The molecule has 3 nitrogen and oxygen atoms in total. The molecule has 19 heavy (non-hydrogen) atoms. The number of benzene rings is 1. The smallest absolute Gasteiger partial charge is 0.303 e. The topological polar surface area (TPSA) is 46.5 Å². The van der Waals surface area contributed by atoms with Gasteiger partial charge in [0.1, 0.15) is 5.75 Å². The average Bonchev–Trinajstić information content (AvgIpc) is 2.32. The molecule has 1 aromatic carbocycles. The van der Waals surface area contributed by atoms with Crippen LogP contribution in [0.1, 0.15) is 52.0 Å². The molecule has 1 rings (SSSR count). The summed E-state index contributed by atoms with van der Waals surface area (Å²) in [6.07, 6.45) is 2.76. The lowest BCUT2D eigenvalue weighted by Crippen LogP contribution is -2.11. The summed E-state index contributed by atoms with van der Waals surface area (Å²) in [4.78, 5) is 10.4. The van der Waals surface area contributed by atoms with E-state index in [0.29, 0.717) is 6.61 Å². The highest BCUT2D eigenvalue weighted by atomic mass is 16.5. The Morgan fingerprint density at radius 2 is 1.95 bits per heavy atom. The minimum Gasteiger partial charge on any atom is -0.494 e. The van der Waals surface area contributed by atoms with Crippen molar-refractivity contribution in [1.82, 2.24) is 0 Å². The predicted octanol–water partition coefficient (Wildman–Crippen LogP) is 4.01. The second-order valence-corrected chi connectivity index (χ2v) is 5.83. The molecule has 0 bridgehead atoms. The van der Waals surface area contributed by atoms with Gasteiger partial charge in [-0.2, -0.15) is 0 Å². The third kappa shape index (κ3) is 6.27. The molecule has 106 valence electrons. The van der Waals surface area contributed by atoms with Crippen LogP contribution in [-0.4, -0.2) is 17.7 Å². The van der Waals surface area contributed by atoms with Crippen LogP contribution in [0.25, 0.3) is 0 Å². The predicted molar refractivity (Wildman–Crippen MR) is 76.7 cm³/mol. The van der Waals surface area contributed by atoms with Crippen molar-refractivity contribution in [2.24, 2.45) is 0 Å². The molecular weight excluding hydrogens is 240 g/mol. The Morgan fingerprint density at radius 1 is 1.21 bits per heavy atom. The van der Waals surface area contributed by atoms with E-state index in [9.17, 15) is 4.79 Å². The number of ether oxygens (including phenoxy) is 1. The van der Waals surface area contributed by atoms with Gasteiger partial charge in [0, 0.05) is 6.42 Å². The monoisotopic (exact) mass is 264 g/mol. The second-order valence-electron chi connectivity index (χ2n) is 5.83. The van der Waals surface area contributed by atoms with Crippen LogP contribution in [0.4, 0.5) is 0 Å². The molecule has 3 heteroatoms.